The molecule has 0 radical (unpaired) electrons. The number of carbonyl (C=O) groups is 4. The molecule has 0 saturated heterocycles. The normalized spacial score (nSPS) is 13.1. The third-order valence-corrected chi connectivity index (χ3v) is 6.06. The van der Waals surface area contributed by atoms with E-state index in [0.29, 0.717) is 0 Å². The standard InChI is InChI=1S/C22H39O11P/c1-9-28-17(23)12-11-16(18(24)29-10-2)13-34(27,32-14-30-19(25)21(3,4)5)33-15-31-20(26)22(6,7)8/h16H,9-15H2,1-8H3. The monoisotopic (exact) mass is 510 g/mol. The number of esters is 4. The molecule has 0 aromatic carbocycles. The maximum absolute atomic E-state index is 13.4. The molecular weight excluding hydrogens is 471 g/mol. The first-order chi connectivity index (χ1) is 15.6. The molecule has 0 heterocycles. The van der Waals surface area contributed by atoms with Crippen LogP contribution in [0.1, 0.15) is 68.2 Å². The number of carbonyl (C=O) groups excluding carboxylic acids is 4. The molecule has 12 heteroatoms. The van der Waals surface area contributed by atoms with Crippen LogP contribution in [0.25, 0.3) is 0 Å². The minimum Gasteiger partial charge on any atom is -0.466 e. The molecule has 0 saturated carbocycles. The predicted molar refractivity (Wildman–Crippen MR) is 121 cm³/mol. The molecule has 1 unspecified atom stereocenters. The van der Waals surface area contributed by atoms with Crippen LogP contribution in [0.3, 0.4) is 0 Å². The summed E-state index contributed by atoms with van der Waals surface area (Å²) in [6.45, 7) is 11.8. The van der Waals surface area contributed by atoms with Gasteiger partial charge in [0.2, 0.25) is 13.6 Å². The van der Waals surface area contributed by atoms with Crippen LogP contribution in [-0.2, 0) is 51.7 Å². The van der Waals surface area contributed by atoms with Crippen LogP contribution in [-0.4, -0.2) is 56.8 Å². The summed E-state index contributed by atoms with van der Waals surface area (Å²) in [4.78, 5) is 48.2. The van der Waals surface area contributed by atoms with E-state index in [-0.39, 0.29) is 26.1 Å². The van der Waals surface area contributed by atoms with Crippen molar-refractivity contribution in [3.8, 4) is 0 Å². The molecule has 0 N–H and O–H groups in total. The van der Waals surface area contributed by atoms with E-state index in [4.69, 9.17) is 28.0 Å². The Morgan fingerprint density at radius 1 is 0.735 bits per heavy atom. The quantitative estimate of drug-likeness (QED) is 0.146. The molecule has 0 aliphatic carbocycles. The third-order valence-electron chi connectivity index (χ3n) is 4.17. The fraction of sp³-hybridized carbons (Fsp3) is 0.818. The van der Waals surface area contributed by atoms with Gasteiger partial charge in [0.15, 0.2) is 0 Å². The lowest BCUT2D eigenvalue weighted by Gasteiger charge is -2.24. The van der Waals surface area contributed by atoms with Crippen LogP contribution >= 0.6 is 7.60 Å². The van der Waals surface area contributed by atoms with Crippen molar-refractivity contribution in [2.75, 3.05) is 33.0 Å². The SMILES string of the molecule is CCOC(=O)CCC(CP(=O)(OCOC(=O)C(C)(C)C)OCOC(=O)C(C)(C)C)C(=O)OCC. The Bertz CT molecular complexity index is 698. The van der Waals surface area contributed by atoms with Crippen LogP contribution in [0.2, 0.25) is 0 Å². The van der Waals surface area contributed by atoms with Gasteiger partial charge >= 0.3 is 31.5 Å². The maximum Gasteiger partial charge on any atom is 0.337 e. The molecular formula is C22H39O11P. The molecule has 0 aromatic rings. The Kier molecular flexibility index (Phi) is 13.6. The smallest absolute Gasteiger partial charge is 0.337 e. The molecule has 0 spiro atoms. The zero-order valence-corrected chi connectivity index (χ0v) is 22.4. The van der Waals surface area contributed by atoms with Gasteiger partial charge in [-0.3, -0.25) is 32.8 Å². The van der Waals surface area contributed by atoms with Gasteiger partial charge in [0.25, 0.3) is 0 Å². The molecule has 1 atom stereocenters. The summed E-state index contributed by atoms with van der Waals surface area (Å²) in [6.07, 6.45) is -0.668. The topological polar surface area (TPSA) is 141 Å². The Hall–Kier alpha value is -1.97. The minimum atomic E-state index is -4.15. The molecule has 0 rings (SSSR count). The number of hydrogen-bond acceptors (Lipinski definition) is 11. The van der Waals surface area contributed by atoms with E-state index in [1.54, 1.807) is 55.4 Å². The summed E-state index contributed by atoms with van der Waals surface area (Å²) >= 11 is 0. The second-order valence-electron chi connectivity index (χ2n) is 9.44. The number of hydrogen-bond donors (Lipinski definition) is 0. The van der Waals surface area contributed by atoms with E-state index in [0.717, 1.165) is 0 Å². The Morgan fingerprint density at radius 2 is 1.18 bits per heavy atom. The molecule has 34 heavy (non-hydrogen) atoms. The van der Waals surface area contributed by atoms with Gasteiger partial charge in [-0.1, -0.05) is 0 Å². The highest BCUT2D eigenvalue weighted by Crippen LogP contribution is 2.50. The van der Waals surface area contributed by atoms with Crippen LogP contribution in [0, 0.1) is 16.7 Å². The molecule has 0 bridgehead atoms. The summed E-state index contributed by atoms with van der Waals surface area (Å²) in [5.74, 6) is -3.51. The summed E-state index contributed by atoms with van der Waals surface area (Å²) < 4.78 is 43.8. The van der Waals surface area contributed by atoms with Crippen molar-refractivity contribution in [2.45, 2.75) is 68.2 Å². The van der Waals surface area contributed by atoms with E-state index >= 15 is 0 Å². The highest BCUT2D eigenvalue weighted by molar-refractivity contribution is 7.53. The van der Waals surface area contributed by atoms with E-state index in [9.17, 15) is 23.7 Å². The fourth-order valence-electron chi connectivity index (χ4n) is 2.23. The molecule has 11 nitrogen and oxygen atoms in total. The summed E-state index contributed by atoms with van der Waals surface area (Å²) in [5.41, 5.74) is -1.66. The Balaban J connectivity index is 5.49. The maximum atomic E-state index is 13.4. The van der Waals surface area contributed by atoms with Crippen molar-refractivity contribution in [3.05, 3.63) is 0 Å². The zero-order valence-electron chi connectivity index (χ0n) is 21.5. The highest BCUT2D eigenvalue weighted by Gasteiger charge is 2.36. The lowest BCUT2D eigenvalue weighted by atomic mass is 9.98. The molecule has 0 fully saturated rings. The van der Waals surface area contributed by atoms with Gasteiger partial charge < -0.3 is 18.9 Å². The molecule has 0 aliphatic rings. The van der Waals surface area contributed by atoms with Gasteiger partial charge in [0.05, 0.1) is 36.1 Å². The van der Waals surface area contributed by atoms with Crippen molar-refractivity contribution in [1.29, 1.82) is 0 Å². The van der Waals surface area contributed by atoms with Crippen molar-refractivity contribution in [3.63, 3.8) is 0 Å². The average Bonchev–Trinajstić information content (AvgIpc) is 2.70. The van der Waals surface area contributed by atoms with Gasteiger partial charge in [-0.15, -0.1) is 0 Å². The third kappa shape index (κ3) is 13.1. The Labute approximate surface area is 201 Å². The van der Waals surface area contributed by atoms with Crippen molar-refractivity contribution in [1.82, 2.24) is 0 Å². The van der Waals surface area contributed by atoms with Crippen LogP contribution < -0.4 is 0 Å². The second kappa shape index (κ2) is 14.4. The first-order valence-corrected chi connectivity index (χ1v) is 12.8. The van der Waals surface area contributed by atoms with E-state index in [2.05, 4.69) is 0 Å². The zero-order chi connectivity index (χ0) is 26.6. The van der Waals surface area contributed by atoms with Gasteiger partial charge in [-0.05, 0) is 61.8 Å². The number of rotatable bonds is 14. The lowest BCUT2D eigenvalue weighted by molar-refractivity contribution is -0.162. The first-order valence-electron chi connectivity index (χ1n) is 11.1. The average molecular weight is 511 g/mol. The molecule has 198 valence electrons. The molecule has 0 amide bonds. The van der Waals surface area contributed by atoms with E-state index < -0.39 is 68.0 Å². The van der Waals surface area contributed by atoms with E-state index in [1.165, 1.54) is 0 Å². The number of ether oxygens (including phenoxy) is 4. The molecule has 0 aliphatic heterocycles. The van der Waals surface area contributed by atoms with Crippen molar-refractivity contribution in [2.24, 2.45) is 16.7 Å². The fourth-order valence-corrected chi connectivity index (χ4v) is 3.82. The van der Waals surface area contributed by atoms with Crippen LogP contribution in [0.5, 0.6) is 0 Å². The van der Waals surface area contributed by atoms with Gasteiger partial charge in [-0.25, -0.2) is 0 Å². The molecule has 0 aromatic heterocycles. The minimum absolute atomic E-state index is 0.0437. The largest absolute Gasteiger partial charge is 0.466 e. The summed E-state index contributed by atoms with van der Waals surface area (Å²) in [6, 6.07) is 0. The second-order valence-corrected chi connectivity index (χ2v) is 11.5. The highest BCUT2D eigenvalue weighted by atomic mass is 31.2. The summed E-state index contributed by atoms with van der Waals surface area (Å²) in [5, 5.41) is 0. The summed E-state index contributed by atoms with van der Waals surface area (Å²) in [7, 11) is -4.15. The van der Waals surface area contributed by atoms with Gasteiger partial charge in [0, 0.05) is 6.42 Å². The Morgan fingerprint density at radius 3 is 1.56 bits per heavy atom. The predicted octanol–water partition coefficient (Wildman–Crippen LogP) is 3.83. The van der Waals surface area contributed by atoms with Crippen molar-refractivity contribution < 1.29 is 51.7 Å². The van der Waals surface area contributed by atoms with Crippen molar-refractivity contribution >= 4 is 31.5 Å². The first kappa shape index (κ1) is 32.0. The lowest BCUT2D eigenvalue weighted by Crippen LogP contribution is -2.27. The van der Waals surface area contributed by atoms with Crippen LogP contribution in [0.15, 0.2) is 0 Å². The van der Waals surface area contributed by atoms with Gasteiger partial charge in [0.1, 0.15) is 0 Å². The van der Waals surface area contributed by atoms with Gasteiger partial charge in [-0.2, -0.15) is 0 Å². The van der Waals surface area contributed by atoms with Crippen LogP contribution in [0.4, 0.5) is 0 Å². The van der Waals surface area contributed by atoms with E-state index in [1.807, 2.05) is 0 Å².